The van der Waals surface area contributed by atoms with Gasteiger partial charge in [0.1, 0.15) is 18.2 Å². The number of hydrogen-bond acceptors (Lipinski definition) is 4. The van der Waals surface area contributed by atoms with E-state index in [1.807, 2.05) is 44.2 Å². The molecular formula is C15H19N3O. The molecule has 0 spiro atoms. The van der Waals surface area contributed by atoms with Crippen molar-refractivity contribution in [3.63, 3.8) is 0 Å². The smallest absolute Gasteiger partial charge is 0.168 e. The first-order chi connectivity index (χ1) is 9.20. The van der Waals surface area contributed by atoms with E-state index < -0.39 is 0 Å². The lowest BCUT2D eigenvalue weighted by Gasteiger charge is -2.11. The van der Waals surface area contributed by atoms with Gasteiger partial charge < -0.3 is 10.1 Å². The fraction of sp³-hybridized carbons (Fsp3) is 0.333. The fourth-order valence-corrected chi connectivity index (χ4v) is 1.76. The van der Waals surface area contributed by atoms with Crippen molar-refractivity contribution >= 4 is 5.82 Å². The molecule has 1 N–H and O–H groups in total. The SMILES string of the molecule is CCNc1nc(COc2ccccc2)nc(C)c1C. The Morgan fingerprint density at radius 3 is 2.53 bits per heavy atom. The van der Waals surface area contributed by atoms with Gasteiger partial charge in [0.05, 0.1) is 0 Å². The zero-order valence-corrected chi connectivity index (χ0v) is 11.6. The second-order valence-electron chi connectivity index (χ2n) is 4.33. The maximum Gasteiger partial charge on any atom is 0.168 e. The Hall–Kier alpha value is -2.10. The van der Waals surface area contributed by atoms with Crippen LogP contribution in [0.5, 0.6) is 5.75 Å². The minimum absolute atomic E-state index is 0.378. The van der Waals surface area contributed by atoms with Crippen molar-refractivity contribution in [3.05, 3.63) is 47.4 Å². The average Bonchev–Trinajstić information content (AvgIpc) is 2.43. The Labute approximate surface area is 113 Å². The standard InChI is InChI=1S/C15H19N3O/c1-4-16-15-11(2)12(3)17-14(18-15)10-19-13-8-6-5-7-9-13/h5-9H,4,10H2,1-3H3,(H,16,17,18). The summed E-state index contributed by atoms with van der Waals surface area (Å²) in [6.45, 7) is 7.29. The third kappa shape index (κ3) is 3.44. The van der Waals surface area contributed by atoms with Gasteiger partial charge in [-0.1, -0.05) is 18.2 Å². The minimum atomic E-state index is 0.378. The molecule has 4 heteroatoms. The summed E-state index contributed by atoms with van der Waals surface area (Å²) in [7, 11) is 0. The first-order valence-electron chi connectivity index (χ1n) is 6.46. The molecule has 100 valence electrons. The van der Waals surface area contributed by atoms with Crippen molar-refractivity contribution < 1.29 is 4.74 Å². The van der Waals surface area contributed by atoms with Crippen LogP contribution in [0.4, 0.5) is 5.82 Å². The van der Waals surface area contributed by atoms with E-state index in [2.05, 4.69) is 22.2 Å². The van der Waals surface area contributed by atoms with E-state index >= 15 is 0 Å². The van der Waals surface area contributed by atoms with Crippen LogP contribution in [-0.2, 0) is 6.61 Å². The van der Waals surface area contributed by atoms with Crippen molar-refractivity contribution in [1.82, 2.24) is 9.97 Å². The number of anilines is 1. The summed E-state index contributed by atoms with van der Waals surface area (Å²) in [4.78, 5) is 8.95. The van der Waals surface area contributed by atoms with Crippen molar-refractivity contribution in [1.29, 1.82) is 0 Å². The van der Waals surface area contributed by atoms with E-state index in [4.69, 9.17) is 4.74 Å². The van der Waals surface area contributed by atoms with Crippen LogP contribution in [-0.4, -0.2) is 16.5 Å². The van der Waals surface area contributed by atoms with Crippen molar-refractivity contribution in [2.75, 3.05) is 11.9 Å². The van der Waals surface area contributed by atoms with Gasteiger partial charge in [0.15, 0.2) is 5.82 Å². The largest absolute Gasteiger partial charge is 0.486 e. The van der Waals surface area contributed by atoms with Gasteiger partial charge in [0, 0.05) is 17.8 Å². The second kappa shape index (κ2) is 6.18. The van der Waals surface area contributed by atoms with E-state index in [1.54, 1.807) is 0 Å². The molecule has 0 amide bonds. The summed E-state index contributed by atoms with van der Waals surface area (Å²) in [6, 6.07) is 9.70. The first kappa shape index (κ1) is 13.3. The van der Waals surface area contributed by atoms with Gasteiger partial charge in [-0.15, -0.1) is 0 Å². The van der Waals surface area contributed by atoms with Gasteiger partial charge in [-0.25, -0.2) is 9.97 Å². The van der Waals surface area contributed by atoms with E-state index in [0.717, 1.165) is 29.4 Å². The van der Waals surface area contributed by atoms with Crippen molar-refractivity contribution in [3.8, 4) is 5.75 Å². The van der Waals surface area contributed by atoms with Crippen LogP contribution in [0.1, 0.15) is 24.0 Å². The minimum Gasteiger partial charge on any atom is -0.486 e. The second-order valence-corrected chi connectivity index (χ2v) is 4.33. The fourth-order valence-electron chi connectivity index (χ4n) is 1.76. The Bertz CT molecular complexity index is 541. The molecule has 4 nitrogen and oxygen atoms in total. The maximum atomic E-state index is 5.67. The summed E-state index contributed by atoms with van der Waals surface area (Å²) in [5.41, 5.74) is 2.07. The lowest BCUT2D eigenvalue weighted by atomic mass is 10.2. The highest BCUT2D eigenvalue weighted by molar-refractivity contribution is 5.45. The molecule has 1 heterocycles. The number of aryl methyl sites for hydroxylation is 1. The molecule has 0 atom stereocenters. The Morgan fingerprint density at radius 2 is 1.84 bits per heavy atom. The van der Waals surface area contributed by atoms with Crippen molar-refractivity contribution in [2.45, 2.75) is 27.4 Å². The van der Waals surface area contributed by atoms with E-state index in [9.17, 15) is 0 Å². The number of aromatic nitrogens is 2. The van der Waals surface area contributed by atoms with Gasteiger partial charge in [0.2, 0.25) is 0 Å². The molecule has 1 aromatic carbocycles. The maximum absolute atomic E-state index is 5.67. The number of para-hydroxylation sites is 1. The zero-order chi connectivity index (χ0) is 13.7. The van der Waals surface area contributed by atoms with Gasteiger partial charge in [-0.2, -0.15) is 0 Å². The molecule has 0 aliphatic heterocycles. The van der Waals surface area contributed by atoms with Gasteiger partial charge >= 0.3 is 0 Å². The van der Waals surface area contributed by atoms with Crippen LogP contribution in [0.2, 0.25) is 0 Å². The predicted octanol–water partition coefficient (Wildman–Crippen LogP) is 3.10. The zero-order valence-electron chi connectivity index (χ0n) is 11.6. The molecule has 0 aliphatic rings. The van der Waals surface area contributed by atoms with E-state index in [-0.39, 0.29) is 0 Å². The molecule has 0 aliphatic carbocycles. The molecule has 0 unspecified atom stereocenters. The number of nitrogens with one attached hydrogen (secondary N) is 1. The molecule has 0 saturated heterocycles. The molecule has 0 radical (unpaired) electrons. The van der Waals surface area contributed by atoms with Crippen LogP contribution >= 0.6 is 0 Å². The van der Waals surface area contributed by atoms with Gasteiger partial charge in [-0.3, -0.25) is 0 Å². The summed E-state index contributed by atoms with van der Waals surface area (Å²) in [5, 5.41) is 3.25. The topological polar surface area (TPSA) is 47.0 Å². The van der Waals surface area contributed by atoms with E-state index in [1.165, 1.54) is 0 Å². The van der Waals surface area contributed by atoms with Crippen molar-refractivity contribution in [2.24, 2.45) is 0 Å². The van der Waals surface area contributed by atoms with Crippen LogP contribution in [0.3, 0.4) is 0 Å². The monoisotopic (exact) mass is 257 g/mol. The Balaban J connectivity index is 2.12. The van der Waals surface area contributed by atoms with Gasteiger partial charge in [0.25, 0.3) is 0 Å². The van der Waals surface area contributed by atoms with Crippen LogP contribution in [0.15, 0.2) is 30.3 Å². The van der Waals surface area contributed by atoms with Crippen LogP contribution in [0.25, 0.3) is 0 Å². The quantitative estimate of drug-likeness (QED) is 0.894. The molecule has 2 aromatic rings. The number of hydrogen-bond donors (Lipinski definition) is 1. The highest BCUT2D eigenvalue weighted by Crippen LogP contribution is 2.16. The summed E-state index contributed by atoms with van der Waals surface area (Å²) in [5.74, 6) is 2.42. The lowest BCUT2D eigenvalue weighted by molar-refractivity contribution is 0.295. The predicted molar refractivity (Wildman–Crippen MR) is 76.4 cm³/mol. The van der Waals surface area contributed by atoms with E-state index in [0.29, 0.717) is 12.4 Å². The molecule has 0 fully saturated rings. The molecular weight excluding hydrogens is 238 g/mol. The number of benzene rings is 1. The third-order valence-electron chi connectivity index (χ3n) is 2.89. The molecule has 1 aromatic heterocycles. The molecule has 19 heavy (non-hydrogen) atoms. The van der Waals surface area contributed by atoms with Crippen LogP contribution < -0.4 is 10.1 Å². The number of ether oxygens (including phenoxy) is 1. The third-order valence-corrected chi connectivity index (χ3v) is 2.89. The highest BCUT2D eigenvalue weighted by atomic mass is 16.5. The van der Waals surface area contributed by atoms with Crippen LogP contribution in [0, 0.1) is 13.8 Å². The molecule has 2 rings (SSSR count). The first-order valence-corrected chi connectivity index (χ1v) is 6.46. The Morgan fingerprint density at radius 1 is 1.11 bits per heavy atom. The summed E-state index contributed by atoms with van der Waals surface area (Å²) >= 11 is 0. The Kier molecular flexibility index (Phi) is 4.34. The summed E-state index contributed by atoms with van der Waals surface area (Å²) in [6.07, 6.45) is 0. The molecule has 0 saturated carbocycles. The summed E-state index contributed by atoms with van der Waals surface area (Å²) < 4.78 is 5.67. The lowest BCUT2D eigenvalue weighted by Crippen LogP contribution is -2.09. The number of nitrogens with zero attached hydrogens (tertiary/aromatic N) is 2. The average molecular weight is 257 g/mol. The normalized spacial score (nSPS) is 10.3. The molecule has 0 bridgehead atoms. The highest BCUT2D eigenvalue weighted by Gasteiger charge is 2.07. The van der Waals surface area contributed by atoms with Gasteiger partial charge in [-0.05, 0) is 32.9 Å². The number of rotatable bonds is 5.